The van der Waals surface area contributed by atoms with Crippen molar-refractivity contribution < 1.29 is 4.79 Å². The van der Waals surface area contributed by atoms with Gasteiger partial charge in [0, 0.05) is 25.3 Å². The summed E-state index contributed by atoms with van der Waals surface area (Å²) in [6.07, 6.45) is 0. The highest BCUT2D eigenvalue weighted by atomic mass is 16.2. The Morgan fingerprint density at radius 2 is 2.07 bits per heavy atom. The highest BCUT2D eigenvalue weighted by Crippen LogP contribution is 2.15. The highest BCUT2D eigenvalue weighted by molar-refractivity contribution is 5.95. The lowest BCUT2D eigenvalue weighted by Gasteiger charge is -2.13. The predicted octanol–water partition coefficient (Wildman–Crippen LogP) is 0.982. The molecule has 0 aliphatic rings. The second-order valence-electron chi connectivity index (χ2n) is 3.37. The molecule has 76 valence electrons. The minimum absolute atomic E-state index is 0.00562. The molecule has 1 aromatic rings. The van der Waals surface area contributed by atoms with E-state index in [1.165, 1.54) is 0 Å². The Labute approximate surface area is 83.7 Å². The molecule has 4 heteroatoms. The van der Waals surface area contributed by atoms with Crippen LogP contribution in [0.3, 0.4) is 0 Å². The van der Waals surface area contributed by atoms with Gasteiger partial charge in [-0.05, 0) is 30.7 Å². The maximum atomic E-state index is 11.6. The molecule has 0 aliphatic carbocycles. The summed E-state index contributed by atoms with van der Waals surface area (Å²) in [6, 6.07) is 5.40. The largest absolute Gasteiger partial charge is 0.345 e. The molecule has 0 spiro atoms. The zero-order valence-electron chi connectivity index (χ0n) is 8.66. The first-order chi connectivity index (χ1) is 6.56. The van der Waals surface area contributed by atoms with Gasteiger partial charge in [-0.3, -0.25) is 10.6 Å². The lowest BCUT2D eigenvalue weighted by atomic mass is 10.1. The van der Waals surface area contributed by atoms with E-state index in [-0.39, 0.29) is 5.91 Å². The third kappa shape index (κ3) is 2.03. The molecule has 4 nitrogen and oxygen atoms in total. The summed E-state index contributed by atoms with van der Waals surface area (Å²) in [5.74, 6) is 5.26. The number of aryl methyl sites for hydroxylation is 1. The summed E-state index contributed by atoms with van der Waals surface area (Å²) in [6.45, 7) is 1.89. The van der Waals surface area contributed by atoms with E-state index < -0.39 is 0 Å². The van der Waals surface area contributed by atoms with Gasteiger partial charge in [0.2, 0.25) is 0 Å². The SMILES string of the molecule is Cc1cc(NN)ccc1C(=O)N(C)C. The van der Waals surface area contributed by atoms with Gasteiger partial charge in [-0.1, -0.05) is 0 Å². The Morgan fingerprint density at radius 1 is 1.43 bits per heavy atom. The molecule has 0 saturated carbocycles. The maximum Gasteiger partial charge on any atom is 0.253 e. The molecular weight excluding hydrogens is 178 g/mol. The molecule has 1 rings (SSSR count). The van der Waals surface area contributed by atoms with Gasteiger partial charge in [0.1, 0.15) is 0 Å². The first kappa shape index (κ1) is 10.5. The predicted molar refractivity (Wildman–Crippen MR) is 57.0 cm³/mol. The van der Waals surface area contributed by atoms with Crippen LogP contribution in [0.5, 0.6) is 0 Å². The van der Waals surface area contributed by atoms with Crippen LogP contribution in [0.2, 0.25) is 0 Å². The van der Waals surface area contributed by atoms with Gasteiger partial charge < -0.3 is 10.3 Å². The smallest absolute Gasteiger partial charge is 0.253 e. The lowest BCUT2D eigenvalue weighted by Crippen LogP contribution is -2.22. The van der Waals surface area contributed by atoms with E-state index in [0.29, 0.717) is 5.56 Å². The van der Waals surface area contributed by atoms with Crippen LogP contribution in [0.25, 0.3) is 0 Å². The van der Waals surface area contributed by atoms with Crippen molar-refractivity contribution in [2.24, 2.45) is 5.84 Å². The topological polar surface area (TPSA) is 58.4 Å². The summed E-state index contributed by atoms with van der Waals surface area (Å²) in [4.78, 5) is 13.2. The summed E-state index contributed by atoms with van der Waals surface area (Å²) >= 11 is 0. The van der Waals surface area contributed by atoms with Crippen LogP contribution in [0.1, 0.15) is 15.9 Å². The number of hydrogen-bond donors (Lipinski definition) is 2. The van der Waals surface area contributed by atoms with E-state index >= 15 is 0 Å². The fraction of sp³-hybridized carbons (Fsp3) is 0.300. The average Bonchev–Trinajstić information content (AvgIpc) is 2.16. The number of nitrogen functional groups attached to an aromatic ring is 1. The van der Waals surface area contributed by atoms with Crippen molar-refractivity contribution in [3.8, 4) is 0 Å². The molecule has 0 aromatic heterocycles. The number of hydrazine groups is 1. The molecule has 14 heavy (non-hydrogen) atoms. The van der Waals surface area contributed by atoms with E-state index in [2.05, 4.69) is 5.43 Å². The Kier molecular flexibility index (Phi) is 3.09. The van der Waals surface area contributed by atoms with E-state index in [1.807, 2.05) is 13.0 Å². The molecular formula is C10H15N3O. The molecule has 3 N–H and O–H groups in total. The van der Waals surface area contributed by atoms with Crippen molar-refractivity contribution in [1.29, 1.82) is 0 Å². The summed E-state index contributed by atoms with van der Waals surface area (Å²) in [5.41, 5.74) is 4.96. The van der Waals surface area contributed by atoms with Crippen molar-refractivity contribution in [3.63, 3.8) is 0 Å². The second-order valence-corrected chi connectivity index (χ2v) is 3.37. The number of amides is 1. The molecule has 0 fully saturated rings. The molecule has 0 heterocycles. The zero-order valence-corrected chi connectivity index (χ0v) is 8.66. The van der Waals surface area contributed by atoms with Gasteiger partial charge in [0.25, 0.3) is 5.91 Å². The third-order valence-electron chi connectivity index (χ3n) is 2.03. The normalized spacial score (nSPS) is 9.71. The molecule has 1 amide bonds. The Bertz CT molecular complexity index is 347. The van der Waals surface area contributed by atoms with E-state index in [0.717, 1.165) is 11.3 Å². The number of anilines is 1. The van der Waals surface area contributed by atoms with Crippen LogP contribution < -0.4 is 11.3 Å². The minimum atomic E-state index is 0.00562. The Morgan fingerprint density at radius 3 is 2.50 bits per heavy atom. The summed E-state index contributed by atoms with van der Waals surface area (Å²) in [5, 5.41) is 0. The maximum absolute atomic E-state index is 11.6. The van der Waals surface area contributed by atoms with Crippen molar-refractivity contribution in [2.75, 3.05) is 19.5 Å². The number of benzene rings is 1. The number of nitrogens with two attached hydrogens (primary N) is 1. The van der Waals surface area contributed by atoms with E-state index in [9.17, 15) is 4.79 Å². The lowest BCUT2D eigenvalue weighted by molar-refractivity contribution is 0.0827. The molecule has 0 aliphatic heterocycles. The monoisotopic (exact) mass is 193 g/mol. The van der Waals surface area contributed by atoms with Crippen LogP contribution in [0, 0.1) is 6.92 Å². The number of nitrogens with zero attached hydrogens (tertiary/aromatic N) is 1. The number of nitrogens with one attached hydrogen (secondary N) is 1. The number of carbonyl (C=O) groups excluding carboxylic acids is 1. The fourth-order valence-electron chi connectivity index (χ4n) is 1.23. The molecule has 0 bridgehead atoms. The van der Waals surface area contributed by atoms with Crippen LogP contribution >= 0.6 is 0 Å². The van der Waals surface area contributed by atoms with Crippen molar-refractivity contribution in [1.82, 2.24) is 4.90 Å². The van der Waals surface area contributed by atoms with Crippen molar-refractivity contribution >= 4 is 11.6 Å². The third-order valence-corrected chi connectivity index (χ3v) is 2.03. The number of carbonyl (C=O) groups is 1. The van der Waals surface area contributed by atoms with Gasteiger partial charge in [-0.15, -0.1) is 0 Å². The van der Waals surface area contributed by atoms with Crippen molar-refractivity contribution in [3.05, 3.63) is 29.3 Å². The fourth-order valence-corrected chi connectivity index (χ4v) is 1.23. The second kappa shape index (κ2) is 4.11. The molecule has 0 radical (unpaired) electrons. The first-order valence-corrected chi connectivity index (χ1v) is 4.35. The van der Waals surface area contributed by atoms with Gasteiger partial charge in [-0.25, -0.2) is 0 Å². The molecule has 0 unspecified atom stereocenters. The molecule has 0 atom stereocenters. The van der Waals surface area contributed by atoms with E-state index in [4.69, 9.17) is 5.84 Å². The van der Waals surface area contributed by atoms with Gasteiger partial charge in [0.05, 0.1) is 0 Å². The quantitative estimate of drug-likeness (QED) is 0.544. The highest BCUT2D eigenvalue weighted by Gasteiger charge is 2.10. The van der Waals surface area contributed by atoms with Crippen LogP contribution in [-0.2, 0) is 0 Å². The van der Waals surface area contributed by atoms with Gasteiger partial charge in [-0.2, -0.15) is 0 Å². The average molecular weight is 193 g/mol. The van der Waals surface area contributed by atoms with Crippen LogP contribution in [-0.4, -0.2) is 24.9 Å². The minimum Gasteiger partial charge on any atom is -0.345 e. The van der Waals surface area contributed by atoms with Crippen LogP contribution in [0.15, 0.2) is 18.2 Å². The van der Waals surface area contributed by atoms with Gasteiger partial charge in [0.15, 0.2) is 0 Å². The Hall–Kier alpha value is -1.55. The first-order valence-electron chi connectivity index (χ1n) is 4.35. The standard InChI is InChI=1S/C10H15N3O/c1-7-6-8(12-11)4-5-9(7)10(14)13(2)3/h4-6,12H,11H2,1-3H3. The van der Waals surface area contributed by atoms with E-state index in [1.54, 1.807) is 31.1 Å². The van der Waals surface area contributed by atoms with Crippen molar-refractivity contribution in [2.45, 2.75) is 6.92 Å². The Balaban J connectivity index is 3.06. The summed E-state index contributed by atoms with van der Waals surface area (Å²) in [7, 11) is 3.47. The van der Waals surface area contributed by atoms with Gasteiger partial charge >= 0.3 is 0 Å². The molecule has 0 saturated heterocycles. The van der Waals surface area contributed by atoms with Crippen LogP contribution in [0.4, 0.5) is 5.69 Å². The summed E-state index contributed by atoms with van der Waals surface area (Å²) < 4.78 is 0. The number of hydrogen-bond acceptors (Lipinski definition) is 3. The zero-order chi connectivity index (χ0) is 10.7. The molecule has 1 aromatic carbocycles. The number of rotatable bonds is 2.